The van der Waals surface area contributed by atoms with Crippen LogP contribution in [0.5, 0.6) is 0 Å². The van der Waals surface area contributed by atoms with Crippen LogP contribution in [0.1, 0.15) is 110 Å². The molecular weight excluding hydrogens is 378 g/mol. The van der Waals surface area contributed by atoms with Crippen molar-refractivity contribution in [2.45, 2.75) is 110 Å². The maximum atomic E-state index is 4.43. The minimum Gasteiger partial charge on any atom is -0.372 e. The first-order chi connectivity index (χ1) is 15.3. The molecular formula is C28H55N3. The number of hydrogen-bond donors (Lipinski definition) is 1. The van der Waals surface area contributed by atoms with Gasteiger partial charge in [0.05, 0.1) is 0 Å². The van der Waals surface area contributed by atoms with Crippen molar-refractivity contribution < 1.29 is 0 Å². The van der Waals surface area contributed by atoms with Gasteiger partial charge in [0.2, 0.25) is 0 Å². The van der Waals surface area contributed by atoms with E-state index in [1.54, 1.807) is 0 Å². The zero-order valence-electron chi connectivity index (χ0n) is 21.1. The Hall–Kier alpha value is -0.800. The minimum atomic E-state index is 1.06. The van der Waals surface area contributed by atoms with Gasteiger partial charge < -0.3 is 10.2 Å². The van der Waals surface area contributed by atoms with Gasteiger partial charge >= 0.3 is 0 Å². The second-order valence-electron chi connectivity index (χ2n) is 9.61. The first kappa shape index (κ1) is 28.2. The van der Waals surface area contributed by atoms with Crippen LogP contribution in [0.25, 0.3) is 0 Å². The number of unbranched alkanes of at least 4 members (excludes halogenated alkanes) is 14. The third-order valence-corrected chi connectivity index (χ3v) is 6.68. The van der Waals surface area contributed by atoms with E-state index in [9.17, 15) is 0 Å². The van der Waals surface area contributed by atoms with Crippen LogP contribution in [0.2, 0.25) is 0 Å². The van der Waals surface area contributed by atoms with E-state index >= 15 is 0 Å². The molecule has 1 aliphatic rings. The van der Waals surface area contributed by atoms with E-state index < -0.39 is 0 Å². The molecule has 0 aromatic rings. The predicted octanol–water partition coefficient (Wildman–Crippen LogP) is 7.15. The van der Waals surface area contributed by atoms with Crippen LogP contribution in [0, 0.1) is 0 Å². The Balaban J connectivity index is 2.13. The summed E-state index contributed by atoms with van der Waals surface area (Å²) in [4.78, 5) is 5.16. The van der Waals surface area contributed by atoms with Crippen LogP contribution in [-0.4, -0.2) is 55.6 Å². The molecule has 31 heavy (non-hydrogen) atoms. The van der Waals surface area contributed by atoms with E-state index in [0.717, 1.165) is 39.1 Å². The van der Waals surface area contributed by atoms with Gasteiger partial charge in [-0.2, -0.15) is 0 Å². The second kappa shape index (κ2) is 21.1. The SMILES string of the molecule is C=CCCCCCN(CCCCCCCCCCCCCC)CC(=C)N1CCNCC1. The van der Waals surface area contributed by atoms with Gasteiger partial charge in [-0.3, -0.25) is 4.90 Å². The zero-order chi connectivity index (χ0) is 22.4. The van der Waals surface area contributed by atoms with Crippen LogP contribution >= 0.6 is 0 Å². The molecule has 0 aromatic carbocycles. The maximum Gasteiger partial charge on any atom is 0.0377 e. The van der Waals surface area contributed by atoms with Gasteiger partial charge in [-0.15, -0.1) is 6.58 Å². The molecule has 1 N–H and O–H groups in total. The third kappa shape index (κ3) is 16.5. The molecule has 3 nitrogen and oxygen atoms in total. The molecule has 0 atom stereocenters. The second-order valence-corrected chi connectivity index (χ2v) is 9.61. The highest BCUT2D eigenvalue weighted by atomic mass is 15.2. The van der Waals surface area contributed by atoms with Crippen LogP contribution in [0.15, 0.2) is 24.9 Å². The molecule has 1 aliphatic heterocycles. The zero-order valence-corrected chi connectivity index (χ0v) is 21.1. The van der Waals surface area contributed by atoms with E-state index in [0.29, 0.717) is 0 Å². The van der Waals surface area contributed by atoms with E-state index in [-0.39, 0.29) is 0 Å². The summed E-state index contributed by atoms with van der Waals surface area (Å²) < 4.78 is 0. The first-order valence-electron chi connectivity index (χ1n) is 13.7. The Bertz CT molecular complexity index is 414. The Kier molecular flexibility index (Phi) is 19.2. The summed E-state index contributed by atoms with van der Waals surface area (Å²) in [6, 6.07) is 0. The van der Waals surface area contributed by atoms with Crippen molar-refractivity contribution in [1.82, 2.24) is 15.1 Å². The highest BCUT2D eigenvalue weighted by Gasteiger charge is 2.14. The van der Waals surface area contributed by atoms with Gasteiger partial charge in [0.15, 0.2) is 0 Å². The monoisotopic (exact) mass is 433 g/mol. The Morgan fingerprint density at radius 1 is 0.774 bits per heavy atom. The Morgan fingerprint density at radius 2 is 1.26 bits per heavy atom. The lowest BCUT2D eigenvalue weighted by Gasteiger charge is -2.34. The quantitative estimate of drug-likeness (QED) is 0.144. The highest BCUT2D eigenvalue weighted by molar-refractivity contribution is 4.98. The van der Waals surface area contributed by atoms with E-state index in [4.69, 9.17) is 0 Å². The molecule has 1 rings (SSSR count). The van der Waals surface area contributed by atoms with Crippen LogP contribution in [0.4, 0.5) is 0 Å². The summed E-state index contributed by atoms with van der Waals surface area (Å²) in [7, 11) is 0. The summed E-state index contributed by atoms with van der Waals surface area (Å²) in [6.45, 7) is 18.5. The summed E-state index contributed by atoms with van der Waals surface area (Å²) in [5.74, 6) is 0. The van der Waals surface area contributed by atoms with Gasteiger partial charge in [-0.25, -0.2) is 0 Å². The molecule has 0 aliphatic carbocycles. The average molecular weight is 434 g/mol. The number of nitrogens with zero attached hydrogens (tertiary/aromatic N) is 2. The van der Waals surface area contributed by atoms with Crippen molar-refractivity contribution in [3.05, 3.63) is 24.9 Å². The average Bonchev–Trinajstić information content (AvgIpc) is 2.80. The van der Waals surface area contributed by atoms with Gasteiger partial charge in [-0.05, 0) is 38.8 Å². The number of hydrogen-bond acceptors (Lipinski definition) is 3. The number of nitrogens with one attached hydrogen (secondary N) is 1. The largest absolute Gasteiger partial charge is 0.372 e. The van der Waals surface area contributed by atoms with Gasteiger partial charge in [0.25, 0.3) is 0 Å². The lowest BCUT2D eigenvalue weighted by molar-refractivity contribution is 0.229. The first-order valence-corrected chi connectivity index (χ1v) is 13.7. The number of piperazine rings is 1. The van der Waals surface area contributed by atoms with Gasteiger partial charge in [-0.1, -0.05) is 96.6 Å². The fourth-order valence-corrected chi connectivity index (χ4v) is 4.59. The predicted molar refractivity (Wildman–Crippen MR) is 140 cm³/mol. The van der Waals surface area contributed by atoms with E-state index in [1.165, 1.54) is 115 Å². The Labute approximate surface area is 195 Å². The van der Waals surface area contributed by atoms with Crippen molar-refractivity contribution in [2.24, 2.45) is 0 Å². The molecule has 0 aromatic heterocycles. The van der Waals surface area contributed by atoms with Crippen LogP contribution in [-0.2, 0) is 0 Å². The molecule has 1 fully saturated rings. The number of rotatable bonds is 22. The number of allylic oxidation sites excluding steroid dienone is 1. The molecule has 0 radical (unpaired) electrons. The highest BCUT2D eigenvalue weighted by Crippen LogP contribution is 2.13. The normalized spacial score (nSPS) is 14.3. The maximum absolute atomic E-state index is 4.43. The van der Waals surface area contributed by atoms with Crippen molar-refractivity contribution in [3.63, 3.8) is 0 Å². The molecule has 1 saturated heterocycles. The minimum absolute atomic E-state index is 1.06. The molecule has 3 heteroatoms. The standard InChI is InChI=1S/C28H55N3/c1-4-6-8-10-11-12-13-14-15-16-18-20-24-30(23-19-17-9-7-5-2)27-28(3)31-25-21-29-22-26-31/h5,29H,2-4,6-27H2,1H3. The van der Waals surface area contributed by atoms with E-state index in [2.05, 4.69) is 41.3 Å². The molecule has 0 amide bonds. The van der Waals surface area contributed by atoms with Gasteiger partial charge in [0, 0.05) is 38.4 Å². The molecule has 0 spiro atoms. The van der Waals surface area contributed by atoms with Gasteiger partial charge in [0.1, 0.15) is 0 Å². The summed E-state index contributed by atoms with van der Waals surface area (Å²) in [6.07, 6.45) is 24.2. The molecule has 1 heterocycles. The fourth-order valence-electron chi connectivity index (χ4n) is 4.59. The molecule has 182 valence electrons. The molecule has 0 unspecified atom stereocenters. The van der Waals surface area contributed by atoms with Crippen molar-refractivity contribution >= 4 is 0 Å². The molecule has 0 bridgehead atoms. The molecule has 0 saturated carbocycles. The van der Waals surface area contributed by atoms with Crippen molar-refractivity contribution in [2.75, 3.05) is 45.8 Å². The Morgan fingerprint density at radius 3 is 1.77 bits per heavy atom. The van der Waals surface area contributed by atoms with Crippen molar-refractivity contribution in [1.29, 1.82) is 0 Å². The summed E-state index contributed by atoms with van der Waals surface area (Å²) in [5, 5.41) is 3.45. The van der Waals surface area contributed by atoms with Crippen LogP contribution in [0.3, 0.4) is 0 Å². The van der Waals surface area contributed by atoms with E-state index in [1.807, 2.05) is 0 Å². The lowest BCUT2D eigenvalue weighted by Crippen LogP contribution is -2.45. The summed E-state index contributed by atoms with van der Waals surface area (Å²) >= 11 is 0. The third-order valence-electron chi connectivity index (χ3n) is 6.68. The van der Waals surface area contributed by atoms with Crippen LogP contribution < -0.4 is 5.32 Å². The fraction of sp³-hybridized carbons (Fsp3) is 0.857. The smallest absolute Gasteiger partial charge is 0.0377 e. The topological polar surface area (TPSA) is 18.5 Å². The summed E-state index contributed by atoms with van der Waals surface area (Å²) in [5.41, 5.74) is 1.33. The lowest BCUT2D eigenvalue weighted by atomic mass is 10.1. The van der Waals surface area contributed by atoms with Crippen molar-refractivity contribution in [3.8, 4) is 0 Å².